The van der Waals surface area contributed by atoms with E-state index in [4.69, 9.17) is 4.74 Å². The van der Waals surface area contributed by atoms with Crippen LogP contribution in [0.15, 0.2) is 72.8 Å². The fourth-order valence-corrected chi connectivity index (χ4v) is 2.31. The largest absolute Gasteiger partial charge is 0.426 e. The molecule has 3 rings (SSSR count). The van der Waals surface area contributed by atoms with Crippen LogP contribution in [0.4, 0.5) is 0 Å². The Bertz CT molecular complexity index is 763. The molecule has 0 aliphatic rings. The van der Waals surface area contributed by atoms with Crippen molar-refractivity contribution in [2.45, 2.75) is 12.8 Å². The predicted molar refractivity (Wildman–Crippen MR) is 84.4 cm³/mol. The summed E-state index contributed by atoms with van der Waals surface area (Å²) in [5.41, 5.74) is 0.961. The molecule has 0 saturated heterocycles. The number of carbonyl (C=O) groups is 1. The second-order valence-electron chi connectivity index (χ2n) is 5.06. The molecule has 2 nitrogen and oxygen atoms in total. The maximum atomic E-state index is 12.2. The minimum absolute atomic E-state index is 0.239. The van der Waals surface area contributed by atoms with Gasteiger partial charge in [0, 0.05) is 0 Å². The monoisotopic (exact) mass is 276 g/mol. The van der Waals surface area contributed by atoms with Crippen molar-refractivity contribution >= 4 is 16.7 Å². The van der Waals surface area contributed by atoms with Crippen LogP contribution in [0.25, 0.3) is 10.8 Å². The average Bonchev–Trinajstić information content (AvgIpc) is 2.55. The van der Waals surface area contributed by atoms with Gasteiger partial charge in [-0.05, 0) is 35.4 Å². The molecule has 0 bridgehead atoms. The molecule has 0 aliphatic carbocycles. The molecule has 0 heterocycles. The summed E-state index contributed by atoms with van der Waals surface area (Å²) in [6.07, 6.45) is 0. The first kappa shape index (κ1) is 13.4. The minimum Gasteiger partial charge on any atom is -0.426 e. The van der Waals surface area contributed by atoms with Crippen molar-refractivity contribution in [2.75, 3.05) is 0 Å². The Morgan fingerprint density at radius 1 is 0.857 bits per heavy atom. The summed E-state index contributed by atoms with van der Waals surface area (Å²) in [6.45, 7) is 1.86. The Morgan fingerprint density at radius 3 is 2.29 bits per heavy atom. The lowest BCUT2D eigenvalue weighted by Gasteiger charge is -2.12. The zero-order valence-corrected chi connectivity index (χ0v) is 11.8. The van der Waals surface area contributed by atoms with E-state index < -0.39 is 0 Å². The van der Waals surface area contributed by atoms with Gasteiger partial charge in [-0.15, -0.1) is 0 Å². The molecule has 0 spiro atoms. The first-order valence-electron chi connectivity index (χ1n) is 6.99. The van der Waals surface area contributed by atoms with Crippen LogP contribution in [0.2, 0.25) is 0 Å². The highest BCUT2D eigenvalue weighted by atomic mass is 16.5. The SMILES string of the molecule is CC(C(=O)Oc1ccc2ccccc2c1)c1ccccc1. The molecule has 0 N–H and O–H groups in total. The summed E-state index contributed by atoms with van der Waals surface area (Å²) in [7, 11) is 0. The maximum Gasteiger partial charge on any atom is 0.318 e. The van der Waals surface area contributed by atoms with Gasteiger partial charge in [0.15, 0.2) is 0 Å². The molecule has 0 aliphatic heterocycles. The minimum atomic E-state index is -0.280. The van der Waals surface area contributed by atoms with E-state index in [1.54, 1.807) is 0 Å². The summed E-state index contributed by atoms with van der Waals surface area (Å²) in [6, 6.07) is 23.4. The highest BCUT2D eigenvalue weighted by molar-refractivity contribution is 5.85. The molecule has 3 aromatic rings. The van der Waals surface area contributed by atoms with E-state index in [2.05, 4.69) is 0 Å². The summed E-state index contributed by atoms with van der Waals surface area (Å²) in [5.74, 6) is 0.0654. The van der Waals surface area contributed by atoms with Gasteiger partial charge < -0.3 is 4.74 Å². The van der Waals surface area contributed by atoms with E-state index in [0.29, 0.717) is 5.75 Å². The first-order valence-corrected chi connectivity index (χ1v) is 6.99. The van der Waals surface area contributed by atoms with Crippen LogP contribution in [0, 0.1) is 0 Å². The fourth-order valence-electron chi connectivity index (χ4n) is 2.31. The van der Waals surface area contributed by atoms with Crippen molar-refractivity contribution < 1.29 is 9.53 Å². The van der Waals surface area contributed by atoms with Crippen LogP contribution in [0.3, 0.4) is 0 Å². The smallest absolute Gasteiger partial charge is 0.318 e. The van der Waals surface area contributed by atoms with Crippen molar-refractivity contribution in [1.82, 2.24) is 0 Å². The second kappa shape index (κ2) is 5.80. The molecule has 1 atom stereocenters. The van der Waals surface area contributed by atoms with E-state index in [-0.39, 0.29) is 11.9 Å². The lowest BCUT2D eigenvalue weighted by Crippen LogP contribution is -2.16. The van der Waals surface area contributed by atoms with Crippen LogP contribution >= 0.6 is 0 Å². The second-order valence-corrected chi connectivity index (χ2v) is 5.06. The molecule has 0 radical (unpaired) electrons. The van der Waals surface area contributed by atoms with Crippen LogP contribution in [0.5, 0.6) is 5.75 Å². The number of fused-ring (bicyclic) bond motifs is 1. The topological polar surface area (TPSA) is 26.3 Å². The number of esters is 1. The highest BCUT2D eigenvalue weighted by Gasteiger charge is 2.17. The van der Waals surface area contributed by atoms with Crippen molar-refractivity contribution in [3.63, 3.8) is 0 Å². The quantitative estimate of drug-likeness (QED) is 0.518. The van der Waals surface area contributed by atoms with Crippen LogP contribution in [-0.2, 0) is 4.79 Å². The van der Waals surface area contributed by atoms with Crippen LogP contribution in [0.1, 0.15) is 18.4 Å². The number of ether oxygens (including phenoxy) is 1. The third-order valence-electron chi connectivity index (χ3n) is 3.59. The van der Waals surface area contributed by atoms with E-state index in [9.17, 15) is 4.79 Å². The van der Waals surface area contributed by atoms with Gasteiger partial charge >= 0.3 is 5.97 Å². The lowest BCUT2D eigenvalue weighted by atomic mass is 10.0. The molecule has 104 valence electrons. The normalized spacial score (nSPS) is 12.0. The van der Waals surface area contributed by atoms with Gasteiger partial charge in [0.1, 0.15) is 5.75 Å². The third kappa shape index (κ3) is 2.95. The number of hydrogen-bond acceptors (Lipinski definition) is 2. The van der Waals surface area contributed by atoms with Crippen molar-refractivity contribution in [3.8, 4) is 5.75 Å². The van der Waals surface area contributed by atoms with E-state index in [1.165, 1.54) is 0 Å². The van der Waals surface area contributed by atoms with E-state index in [0.717, 1.165) is 16.3 Å². The first-order chi connectivity index (χ1) is 10.2. The number of rotatable bonds is 3. The molecule has 0 fully saturated rings. The maximum absolute atomic E-state index is 12.2. The predicted octanol–water partition coefficient (Wildman–Crippen LogP) is 4.55. The zero-order chi connectivity index (χ0) is 14.7. The number of benzene rings is 3. The van der Waals surface area contributed by atoms with Gasteiger partial charge in [-0.25, -0.2) is 0 Å². The Hall–Kier alpha value is -2.61. The highest BCUT2D eigenvalue weighted by Crippen LogP contribution is 2.23. The van der Waals surface area contributed by atoms with Crippen LogP contribution < -0.4 is 4.74 Å². The fraction of sp³-hybridized carbons (Fsp3) is 0.105. The molecular formula is C19H16O2. The summed E-state index contributed by atoms with van der Waals surface area (Å²) >= 11 is 0. The molecular weight excluding hydrogens is 260 g/mol. The van der Waals surface area contributed by atoms with Crippen molar-refractivity contribution in [1.29, 1.82) is 0 Å². The van der Waals surface area contributed by atoms with Gasteiger partial charge in [0.2, 0.25) is 0 Å². The molecule has 1 unspecified atom stereocenters. The molecule has 0 saturated carbocycles. The Morgan fingerprint density at radius 2 is 1.52 bits per heavy atom. The average molecular weight is 276 g/mol. The summed E-state index contributed by atoms with van der Waals surface area (Å²) in [5, 5.41) is 2.20. The molecule has 0 amide bonds. The van der Waals surface area contributed by atoms with Gasteiger partial charge in [0.05, 0.1) is 5.92 Å². The Balaban J connectivity index is 1.80. The van der Waals surface area contributed by atoms with E-state index >= 15 is 0 Å². The molecule has 21 heavy (non-hydrogen) atoms. The summed E-state index contributed by atoms with van der Waals surface area (Å²) < 4.78 is 5.50. The molecule has 3 aromatic carbocycles. The van der Waals surface area contributed by atoms with E-state index in [1.807, 2.05) is 79.7 Å². The van der Waals surface area contributed by atoms with Crippen molar-refractivity contribution in [3.05, 3.63) is 78.4 Å². The Labute approximate surface area is 124 Å². The number of hydrogen-bond donors (Lipinski definition) is 0. The van der Waals surface area contributed by atoms with Gasteiger partial charge in [-0.1, -0.05) is 60.7 Å². The Kier molecular flexibility index (Phi) is 3.69. The van der Waals surface area contributed by atoms with Crippen molar-refractivity contribution in [2.24, 2.45) is 0 Å². The van der Waals surface area contributed by atoms with Gasteiger partial charge in [-0.2, -0.15) is 0 Å². The summed E-state index contributed by atoms with van der Waals surface area (Å²) in [4.78, 5) is 12.2. The van der Waals surface area contributed by atoms with Gasteiger partial charge in [0.25, 0.3) is 0 Å². The third-order valence-corrected chi connectivity index (χ3v) is 3.59. The zero-order valence-electron chi connectivity index (χ0n) is 11.8. The van der Waals surface area contributed by atoms with Gasteiger partial charge in [-0.3, -0.25) is 4.79 Å². The van der Waals surface area contributed by atoms with Crippen LogP contribution in [-0.4, -0.2) is 5.97 Å². The lowest BCUT2D eigenvalue weighted by molar-refractivity contribution is -0.135. The molecule has 0 aromatic heterocycles. The standard InChI is InChI=1S/C19H16O2/c1-14(15-7-3-2-4-8-15)19(20)21-18-12-11-16-9-5-6-10-17(16)13-18/h2-14H,1H3. The molecule has 2 heteroatoms. The number of carbonyl (C=O) groups excluding carboxylic acids is 1.